The summed E-state index contributed by atoms with van der Waals surface area (Å²) in [5.74, 6) is 1.58. The summed E-state index contributed by atoms with van der Waals surface area (Å²) in [5, 5.41) is 0. The van der Waals surface area contributed by atoms with Crippen LogP contribution in [0.5, 0.6) is 11.5 Å². The molecule has 0 saturated heterocycles. The first-order valence-corrected chi connectivity index (χ1v) is 5.04. The molecular formula is C14H13O2. The van der Waals surface area contributed by atoms with Crippen molar-refractivity contribution in [1.82, 2.24) is 0 Å². The number of benzene rings is 2. The molecule has 0 N–H and O–H groups in total. The predicted molar refractivity (Wildman–Crippen MR) is 63.8 cm³/mol. The zero-order valence-corrected chi connectivity index (χ0v) is 9.36. The van der Waals surface area contributed by atoms with E-state index in [1.54, 1.807) is 14.2 Å². The number of hydrogen-bond donors (Lipinski definition) is 0. The largest absolute Gasteiger partial charge is 0.497 e. The Bertz CT molecular complexity index is 478. The smallest absolute Gasteiger partial charge is 0.134 e. The molecular weight excluding hydrogens is 200 g/mol. The predicted octanol–water partition coefficient (Wildman–Crippen LogP) is 3.17. The molecule has 0 aliphatic heterocycles. The van der Waals surface area contributed by atoms with Gasteiger partial charge in [0.05, 0.1) is 14.2 Å². The third-order valence-electron chi connectivity index (χ3n) is 2.40. The molecule has 0 saturated carbocycles. The number of methoxy groups -OCH3 is 2. The van der Waals surface area contributed by atoms with Crippen LogP contribution in [0.3, 0.4) is 0 Å². The Balaban J connectivity index is 2.49. The standard InChI is InChI=1S/C14H13O2/c1-15-12-7-5-6-11(10-12)13-8-3-4-9-14(13)16-2/h3-8,10H,1-2H3. The molecule has 16 heavy (non-hydrogen) atoms. The molecule has 81 valence electrons. The van der Waals surface area contributed by atoms with E-state index in [9.17, 15) is 0 Å². The molecule has 2 aromatic rings. The van der Waals surface area contributed by atoms with E-state index < -0.39 is 0 Å². The fraction of sp³-hybridized carbons (Fsp3) is 0.143. The molecule has 0 atom stereocenters. The van der Waals surface area contributed by atoms with Crippen molar-refractivity contribution >= 4 is 0 Å². The first-order chi connectivity index (χ1) is 7.85. The van der Waals surface area contributed by atoms with Crippen molar-refractivity contribution in [3.8, 4) is 22.6 Å². The Morgan fingerprint density at radius 2 is 1.88 bits per heavy atom. The van der Waals surface area contributed by atoms with E-state index in [4.69, 9.17) is 9.47 Å². The Kier molecular flexibility index (Phi) is 3.10. The van der Waals surface area contributed by atoms with E-state index in [0.29, 0.717) is 0 Å². The molecule has 0 unspecified atom stereocenters. The Morgan fingerprint density at radius 1 is 1.00 bits per heavy atom. The van der Waals surface area contributed by atoms with Gasteiger partial charge in [-0.05, 0) is 17.7 Å². The lowest BCUT2D eigenvalue weighted by molar-refractivity contribution is 0.413. The first kappa shape index (κ1) is 10.6. The molecule has 1 radical (unpaired) electrons. The monoisotopic (exact) mass is 213 g/mol. The van der Waals surface area contributed by atoms with E-state index in [0.717, 1.165) is 22.6 Å². The molecule has 0 aliphatic rings. The minimum absolute atomic E-state index is 0.746. The van der Waals surface area contributed by atoms with Crippen molar-refractivity contribution < 1.29 is 9.47 Å². The highest BCUT2D eigenvalue weighted by Gasteiger charge is 2.05. The Morgan fingerprint density at radius 3 is 2.62 bits per heavy atom. The first-order valence-electron chi connectivity index (χ1n) is 5.04. The molecule has 0 heterocycles. The molecule has 0 aromatic heterocycles. The third kappa shape index (κ3) is 2.01. The van der Waals surface area contributed by atoms with E-state index in [1.807, 2.05) is 42.5 Å². The van der Waals surface area contributed by atoms with E-state index in [1.165, 1.54) is 0 Å². The molecule has 2 rings (SSSR count). The summed E-state index contributed by atoms with van der Waals surface area (Å²) in [6.07, 6.45) is 0. The van der Waals surface area contributed by atoms with Crippen LogP contribution in [0, 0.1) is 6.07 Å². The van der Waals surface area contributed by atoms with Gasteiger partial charge in [-0.1, -0.05) is 30.3 Å². The Hall–Kier alpha value is -1.96. The normalized spacial score (nSPS) is 9.88. The lowest BCUT2D eigenvalue weighted by Gasteiger charge is -2.08. The lowest BCUT2D eigenvalue weighted by atomic mass is 10.0. The van der Waals surface area contributed by atoms with Gasteiger partial charge < -0.3 is 9.47 Å². The molecule has 0 aliphatic carbocycles. The average Bonchev–Trinajstić information content (AvgIpc) is 2.38. The molecule has 0 fully saturated rings. The van der Waals surface area contributed by atoms with Gasteiger partial charge in [0.1, 0.15) is 11.5 Å². The van der Waals surface area contributed by atoms with Crippen LogP contribution in [0.15, 0.2) is 42.5 Å². The van der Waals surface area contributed by atoms with Gasteiger partial charge in [0.2, 0.25) is 0 Å². The van der Waals surface area contributed by atoms with Crippen LogP contribution in [-0.2, 0) is 0 Å². The van der Waals surface area contributed by atoms with Gasteiger partial charge in [0, 0.05) is 11.6 Å². The third-order valence-corrected chi connectivity index (χ3v) is 2.40. The average molecular weight is 213 g/mol. The number of hydrogen-bond acceptors (Lipinski definition) is 2. The number of rotatable bonds is 3. The summed E-state index contributed by atoms with van der Waals surface area (Å²) in [6.45, 7) is 0. The van der Waals surface area contributed by atoms with Gasteiger partial charge >= 0.3 is 0 Å². The number of para-hydroxylation sites is 1. The van der Waals surface area contributed by atoms with Crippen molar-refractivity contribution in [2.75, 3.05) is 14.2 Å². The zero-order chi connectivity index (χ0) is 11.4. The van der Waals surface area contributed by atoms with Crippen molar-refractivity contribution in [3.63, 3.8) is 0 Å². The van der Waals surface area contributed by atoms with Crippen LogP contribution < -0.4 is 9.47 Å². The topological polar surface area (TPSA) is 18.5 Å². The fourth-order valence-corrected chi connectivity index (χ4v) is 1.61. The second kappa shape index (κ2) is 4.71. The van der Waals surface area contributed by atoms with E-state index in [-0.39, 0.29) is 0 Å². The van der Waals surface area contributed by atoms with Crippen LogP contribution >= 0.6 is 0 Å². The lowest BCUT2D eigenvalue weighted by Crippen LogP contribution is -1.88. The van der Waals surface area contributed by atoms with Gasteiger partial charge in [-0.3, -0.25) is 0 Å². The SMILES string of the molecule is COc1cccc(-c2ccc[c]c2OC)c1. The molecule has 2 nitrogen and oxygen atoms in total. The van der Waals surface area contributed by atoms with Crippen molar-refractivity contribution in [2.45, 2.75) is 0 Å². The van der Waals surface area contributed by atoms with Crippen molar-refractivity contribution in [2.24, 2.45) is 0 Å². The van der Waals surface area contributed by atoms with Gasteiger partial charge in [0.15, 0.2) is 0 Å². The molecule has 0 amide bonds. The maximum atomic E-state index is 5.28. The maximum absolute atomic E-state index is 5.28. The van der Waals surface area contributed by atoms with Crippen LogP contribution in [-0.4, -0.2) is 14.2 Å². The summed E-state index contributed by atoms with van der Waals surface area (Å²) >= 11 is 0. The molecule has 0 spiro atoms. The van der Waals surface area contributed by atoms with Crippen LogP contribution in [0.4, 0.5) is 0 Å². The maximum Gasteiger partial charge on any atom is 0.134 e. The fourth-order valence-electron chi connectivity index (χ4n) is 1.61. The summed E-state index contributed by atoms with van der Waals surface area (Å²) < 4.78 is 10.5. The molecule has 2 heteroatoms. The minimum atomic E-state index is 0.746. The van der Waals surface area contributed by atoms with Crippen molar-refractivity contribution in [3.05, 3.63) is 48.5 Å². The molecule has 2 aromatic carbocycles. The summed E-state index contributed by atoms with van der Waals surface area (Å²) in [6, 6.07) is 16.7. The summed E-state index contributed by atoms with van der Waals surface area (Å²) in [4.78, 5) is 0. The highest BCUT2D eigenvalue weighted by molar-refractivity contribution is 5.71. The quantitative estimate of drug-likeness (QED) is 0.779. The van der Waals surface area contributed by atoms with E-state index in [2.05, 4.69) is 6.07 Å². The summed E-state index contributed by atoms with van der Waals surface area (Å²) in [5.41, 5.74) is 2.08. The van der Waals surface area contributed by atoms with Gasteiger partial charge in [-0.15, -0.1) is 0 Å². The van der Waals surface area contributed by atoms with Gasteiger partial charge in [-0.25, -0.2) is 0 Å². The van der Waals surface area contributed by atoms with Crippen LogP contribution in [0.25, 0.3) is 11.1 Å². The van der Waals surface area contributed by atoms with Gasteiger partial charge in [0.25, 0.3) is 0 Å². The van der Waals surface area contributed by atoms with Crippen LogP contribution in [0.2, 0.25) is 0 Å². The molecule has 0 bridgehead atoms. The van der Waals surface area contributed by atoms with E-state index >= 15 is 0 Å². The highest BCUT2D eigenvalue weighted by atomic mass is 16.5. The minimum Gasteiger partial charge on any atom is -0.497 e. The zero-order valence-electron chi connectivity index (χ0n) is 9.36. The second-order valence-corrected chi connectivity index (χ2v) is 3.35. The highest BCUT2D eigenvalue weighted by Crippen LogP contribution is 2.30. The summed E-state index contributed by atoms with van der Waals surface area (Å²) in [7, 11) is 3.31. The number of ether oxygens (including phenoxy) is 2. The van der Waals surface area contributed by atoms with Crippen LogP contribution in [0.1, 0.15) is 0 Å². The second-order valence-electron chi connectivity index (χ2n) is 3.35. The Labute approximate surface area is 95.4 Å². The van der Waals surface area contributed by atoms with Crippen molar-refractivity contribution in [1.29, 1.82) is 0 Å². The van der Waals surface area contributed by atoms with Gasteiger partial charge in [-0.2, -0.15) is 0 Å².